The van der Waals surface area contributed by atoms with Gasteiger partial charge in [0.15, 0.2) is 0 Å². The predicted molar refractivity (Wildman–Crippen MR) is 69.9 cm³/mol. The third-order valence-electron chi connectivity index (χ3n) is 1.21. The molecule has 0 fully saturated rings. The van der Waals surface area contributed by atoms with Crippen LogP contribution < -0.4 is 0 Å². The van der Waals surface area contributed by atoms with Crippen molar-refractivity contribution in [3.05, 3.63) is 0 Å². The molecule has 1 nitrogen and oxygen atoms in total. The van der Waals surface area contributed by atoms with Crippen molar-refractivity contribution in [3.8, 4) is 0 Å². The summed E-state index contributed by atoms with van der Waals surface area (Å²) >= 11 is 0. The summed E-state index contributed by atoms with van der Waals surface area (Å²) < 4.78 is 0. The van der Waals surface area contributed by atoms with Crippen molar-refractivity contribution < 1.29 is 0 Å². The molecule has 0 bridgehead atoms. The van der Waals surface area contributed by atoms with E-state index in [1.807, 2.05) is 0 Å². The van der Waals surface area contributed by atoms with Crippen LogP contribution >= 0.6 is 0 Å². The smallest absolute Gasteiger partial charge is 0.00244 e. The lowest BCUT2D eigenvalue weighted by molar-refractivity contribution is 0.335. The van der Waals surface area contributed by atoms with Crippen LogP contribution in [0.5, 0.6) is 0 Å². The van der Waals surface area contributed by atoms with Crippen LogP contribution in [0, 0.1) is 5.41 Å². The van der Waals surface area contributed by atoms with Crippen LogP contribution in [0.25, 0.3) is 0 Å². The zero-order chi connectivity index (χ0) is 10.9. The van der Waals surface area contributed by atoms with E-state index in [1.54, 1.807) is 0 Å². The Morgan fingerprint density at radius 3 is 1.21 bits per heavy atom. The van der Waals surface area contributed by atoms with Crippen molar-refractivity contribution in [2.45, 2.75) is 61.8 Å². The molecule has 0 rings (SSSR count). The third-order valence-corrected chi connectivity index (χ3v) is 1.21. The van der Waals surface area contributed by atoms with Crippen LogP contribution in [0.4, 0.5) is 0 Å². The lowest BCUT2D eigenvalue weighted by Crippen LogP contribution is -2.19. The Kier molecular flexibility index (Phi) is 15.4. The highest BCUT2D eigenvalue weighted by Gasteiger charge is 1.95. The molecule has 90 valence electrons. The lowest BCUT2D eigenvalue weighted by Gasteiger charge is -2.12. The van der Waals surface area contributed by atoms with Crippen LogP contribution in [0.2, 0.25) is 0 Å². The van der Waals surface area contributed by atoms with E-state index >= 15 is 0 Å². The van der Waals surface area contributed by atoms with Gasteiger partial charge in [-0.25, -0.2) is 0 Å². The highest BCUT2D eigenvalue weighted by Crippen LogP contribution is 2.08. The van der Waals surface area contributed by atoms with E-state index in [0.717, 1.165) is 0 Å². The van der Waals surface area contributed by atoms with Crippen molar-refractivity contribution in [1.29, 1.82) is 0 Å². The predicted octanol–water partition coefficient (Wildman–Crippen LogP) is 4.43. The summed E-state index contributed by atoms with van der Waals surface area (Å²) in [5.74, 6) is 0. The van der Waals surface area contributed by atoms with E-state index in [1.165, 1.54) is 25.9 Å². The second-order valence-corrected chi connectivity index (χ2v) is 5.30. The van der Waals surface area contributed by atoms with E-state index < -0.39 is 0 Å². The first kappa shape index (κ1) is 19.5. The first-order valence-electron chi connectivity index (χ1n) is 5.49. The van der Waals surface area contributed by atoms with Gasteiger partial charge >= 0.3 is 0 Å². The average Bonchev–Trinajstić information content (AvgIpc) is 1.84. The van der Waals surface area contributed by atoms with Gasteiger partial charge in [-0.15, -0.1) is 0 Å². The largest absolute Gasteiger partial charge is 0.306 e. The Labute approximate surface area is 92.9 Å². The summed E-state index contributed by atoms with van der Waals surface area (Å²) in [6, 6.07) is 0. The number of nitrogens with zero attached hydrogens (tertiary/aromatic N) is 1. The zero-order valence-electron chi connectivity index (χ0n) is 10.8. The Balaban J connectivity index is -0.000000177. The summed E-state index contributed by atoms with van der Waals surface area (Å²) in [5, 5.41) is 0. The van der Waals surface area contributed by atoms with Crippen molar-refractivity contribution in [2.24, 2.45) is 5.41 Å². The molecule has 0 aromatic rings. The molecule has 0 saturated heterocycles. The molecule has 0 aromatic carbocycles. The topological polar surface area (TPSA) is 3.24 Å². The molecule has 0 radical (unpaired) electrons. The van der Waals surface area contributed by atoms with Crippen LogP contribution in [0.3, 0.4) is 0 Å². The van der Waals surface area contributed by atoms with Gasteiger partial charge in [0.2, 0.25) is 0 Å². The van der Waals surface area contributed by atoms with Crippen LogP contribution in [-0.4, -0.2) is 25.0 Å². The van der Waals surface area contributed by atoms with Crippen molar-refractivity contribution >= 4 is 0 Å². The first-order valence-corrected chi connectivity index (χ1v) is 5.49. The SMILES string of the molecule is C.CC(C)(C)C.CCCN(C)CCC. The van der Waals surface area contributed by atoms with Gasteiger partial charge in [0.05, 0.1) is 0 Å². The molecule has 0 aromatic heterocycles. The molecule has 0 amide bonds. The fourth-order valence-corrected chi connectivity index (χ4v) is 0.875. The molecule has 0 atom stereocenters. The van der Waals surface area contributed by atoms with Crippen molar-refractivity contribution in [1.82, 2.24) is 4.90 Å². The molecule has 0 unspecified atom stereocenters. The molecule has 14 heavy (non-hydrogen) atoms. The van der Waals surface area contributed by atoms with Gasteiger partial charge in [0.1, 0.15) is 0 Å². The summed E-state index contributed by atoms with van der Waals surface area (Å²) in [5.41, 5.74) is 0.500. The maximum Gasteiger partial charge on any atom is -0.00244 e. The van der Waals surface area contributed by atoms with E-state index in [2.05, 4.69) is 53.5 Å². The number of rotatable bonds is 4. The van der Waals surface area contributed by atoms with Gasteiger partial charge in [-0.3, -0.25) is 0 Å². The van der Waals surface area contributed by atoms with Gasteiger partial charge in [-0.1, -0.05) is 49.0 Å². The third kappa shape index (κ3) is 40.4. The Morgan fingerprint density at radius 2 is 1.07 bits per heavy atom. The molecule has 0 spiro atoms. The highest BCUT2D eigenvalue weighted by atomic mass is 15.1. The Bertz CT molecular complexity index is 79.9. The van der Waals surface area contributed by atoms with Gasteiger partial charge in [-0.05, 0) is 38.4 Å². The van der Waals surface area contributed by atoms with E-state index in [0.29, 0.717) is 5.41 Å². The molecule has 0 aliphatic heterocycles. The van der Waals surface area contributed by atoms with E-state index in [9.17, 15) is 0 Å². The molecule has 1 heteroatoms. The zero-order valence-corrected chi connectivity index (χ0v) is 10.8. The lowest BCUT2D eigenvalue weighted by atomic mass is 10.0. The minimum atomic E-state index is 0. The summed E-state index contributed by atoms with van der Waals surface area (Å²) in [4.78, 5) is 2.36. The maximum atomic E-state index is 2.36. The van der Waals surface area contributed by atoms with Crippen molar-refractivity contribution in [2.75, 3.05) is 20.1 Å². The van der Waals surface area contributed by atoms with Crippen LogP contribution in [0.15, 0.2) is 0 Å². The van der Waals surface area contributed by atoms with E-state index in [4.69, 9.17) is 0 Å². The molecule has 0 saturated carbocycles. The fourth-order valence-electron chi connectivity index (χ4n) is 0.875. The second kappa shape index (κ2) is 11.0. The Hall–Kier alpha value is -0.0400. The summed E-state index contributed by atoms with van der Waals surface area (Å²) in [6.07, 6.45) is 2.55. The van der Waals surface area contributed by atoms with E-state index in [-0.39, 0.29) is 7.43 Å². The normalized spacial score (nSPS) is 10.3. The number of hydrogen-bond acceptors (Lipinski definition) is 1. The average molecular weight is 203 g/mol. The molecule has 0 aliphatic carbocycles. The van der Waals surface area contributed by atoms with Crippen LogP contribution in [0.1, 0.15) is 61.8 Å². The fraction of sp³-hybridized carbons (Fsp3) is 1.00. The summed E-state index contributed by atoms with van der Waals surface area (Å²) in [7, 11) is 2.17. The standard InChI is InChI=1S/C7H17N.C5H12.CH4/c1-4-6-8(3)7-5-2;1-5(2,3)4;/h4-7H2,1-3H3;1-4H3;1H4. The monoisotopic (exact) mass is 203 g/mol. The summed E-state index contributed by atoms with van der Waals surface area (Å²) in [6.45, 7) is 15.7. The van der Waals surface area contributed by atoms with Gasteiger partial charge in [0, 0.05) is 0 Å². The minimum absolute atomic E-state index is 0. The first-order chi connectivity index (χ1) is 5.81. The van der Waals surface area contributed by atoms with Gasteiger partial charge < -0.3 is 4.90 Å². The molecule has 0 heterocycles. The van der Waals surface area contributed by atoms with Gasteiger partial charge in [0.25, 0.3) is 0 Å². The van der Waals surface area contributed by atoms with Crippen molar-refractivity contribution in [3.63, 3.8) is 0 Å². The second-order valence-electron chi connectivity index (χ2n) is 5.30. The molecule has 0 N–H and O–H groups in total. The van der Waals surface area contributed by atoms with Gasteiger partial charge in [-0.2, -0.15) is 0 Å². The van der Waals surface area contributed by atoms with Crippen LogP contribution in [-0.2, 0) is 0 Å². The maximum absolute atomic E-state index is 2.36. The molecular weight excluding hydrogens is 170 g/mol. The number of hydrogen-bond donors (Lipinski definition) is 0. The molecule has 0 aliphatic rings. The minimum Gasteiger partial charge on any atom is -0.306 e. The Morgan fingerprint density at radius 1 is 0.857 bits per heavy atom. The highest BCUT2D eigenvalue weighted by molar-refractivity contribution is 4.47. The quantitative estimate of drug-likeness (QED) is 0.653. The molecular formula is C13H33N.